The summed E-state index contributed by atoms with van der Waals surface area (Å²) in [6.07, 6.45) is 3.79. The van der Waals surface area contributed by atoms with Crippen molar-refractivity contribution in [2.45, 2.75) is 6.04 Å². The number of nitrogens with zero attached hydrogens (tertiary/aromatic N) is 1. The molecule has 0 aromatic carbocycles. The van der Waals surface area contributed by atoms with Crippen LogP contribution in [0.15, 0.2) is 36.4 Å². The van der Waals surface area contributed by atoms with E-state index < -0.39 is 0 Å². The van der Waals surface area contributed by atoms with Gasteiger partial charge in [-0.15, -0.1) is 17.9 Å². The van der Waals surface area contributed by atoms with Gasteiger partial charge in [0.05, 0.1) is 16.3 Å². The monoisotopic (exact) mass is 204 g/mol. The Balaban J connectivity index is 2.47. The Morgan fingerprint density at radius 2 is 2.50 bits per heavy atom. The van der Waals surface area contributed by atoms with Gasteiger partial charge >= 0.3 is 0 Å². The van der Waals surface area contributed by atoms with E-state index in [0.717, 1.165) is 11.1 Å². The van der Waals surface area contributed by atoms with Crippen molar-refractivity contribution < 1.29 is 0 Å². The number of aromatic nitrogens is 1. The van der Waals surface area contributed by atoms with Crippen molar-refractivity contribution in [2.75, 3.05) is 7.05 Å². The first-order valence-electron chi connectivity index (χ1n) is 4.48. The topological polar surface area (TPSA) is 24.9 Å². The largest absolute Gasteiger partial charge is 0.310 e. The van der Waals surface area contributed by atoms with Crippen LogP contribution in [0.5, 0.6) is 0 Å². The van der Waals surface area contributed by atoms with Crippen molar-refractivity contribution in [1.82, 2.24) is 10.3 Å². The molecule has 2 aromatic heterocycles. The Bertz CT molecular complexity index is 447. The summed E-state index contributed by atoms with van der Waals surface area (Å²) >= 11 is 1.72. The molecule has 72 valence electrons. The number of thiophene rings is 1. The van der Waals surface area contributed by atoms with Crippen molar-refractivity contribution in [3.8, 4) is 0 Å². The molecule has 2 nitrogen and oxygen atoms in total. The fraction of sp³-hybridized carbons (Fsp3) is 0.182. The minimum Gasteiger partial charge on any atom is -0.310 e. The van der Waals surface area contributed by atoms with Gasteiger partial charge < -0.3 is 5.32 Å². The lowest BCUT2D eigenvalue weighted by atomic mass is 10.1. The first-order chi connectivity index (χ1) is 6.85. The van der Waals surface area contributed by atoms with Gasteiger partial charge in [-0.3, -0.25) is 4.98 Å². The smallest absolute Gasteiger partial charge is 0.0809 e. The number of hydrogen-bond acceptors (Lipinski definition) is 3. The van der Waals surface area contributed by atoms with Crippen LogP contribution >= 0.6 is 11.3 Å². The normalized spacial score (nSPS) is 12.9. The van der Waals surface area contributed by atoms with Crippen molar-refractivity contribution in [1.29, 1.82) is 0 Å². The second-order valence-electron chi connectivity index (χ2n) is 3.07. The summed E-state index contributed by atoms with van der Waals surface area (Å²) in [5.41, 5.74) is 2.23. The SMILES string of the molecule is C=CC(NC)c1cnc2ccsc2c1. The van der Waals surface area contributed by atoms with Gasteiger partial charge in [0.25, 0.3) is 0 Å². The predicted molar refractivity (Wildman–Crippen MR) is 61.6 cm³/mol. The van der Waals surface area contributed by atoms with Crippen molar-refractivity contribution in [2.24, 2.45) is 0 Å². The molecule has 2 rings (SSSR count). The third kappa shape index (κ3) is 1.56. The molecule has 2 heterocycles. The van der Waals surface area contributed by atoms with Gasteiger partial charge in [-0.25, -0.2) is 0 Å². The summed E-state index contributed by atoms with van der Waals surface area (Å²) in [5, 5.41) is 5.23. The van der Waals surface area contributed by atoms with E-state index in [2.05, 4.69) is 28.3 Å². The highest BCUT2D eigenvalue weighted by Crippen LogP contribution is 2.22. The summed E-state index contributed by atoms with van der Waals surface area (Å²) < 4.78 is 1.23. The number of pyridine rings is 1. The Morgan fingerprint density at radius 3 is 3.21 bits per heavy atom. The maximum Gasteiger partial charge on any atom is 0.0809 e. The molecule has 1 atom stereocenters. The Hall–Kier alpha value is -1.19. The second-order valence-corrected chi connectivity index (χ2v) is 4.02. The van der Waals surface area contributed by atoms with E-state index in [-0.39, 0.29) is 6.04 Å². The molecule has 0 aliphatic heterocycles. The van der Waals surface area contributed by atoms with Crippen LogP contribution in [0, 0.1) is 0 Å². The maximum absolute atomic E-state index is 4.38. The van der Waals surface area contributed by atoms with E-state index in [0.29, 0.717) is 0 Å². The van der Waals surface area contributed by atoms with Crippen LogP contribution in [0.3, 0.4) is 0 Å². The Morgan fingerprint density at radius 1 is 1.64 bits per heavy atom. The third-order valence-corrected chi connectivity index (χ3v) is 3.08. The molecule has 0 aliphatic rings. The van der Waals surface area contributed by atoms with Crippen molar-refractivity contribution >= 4 is 21.6 Å². The Labute approximate surface area is 87.3 Å². The molecule has 2 aromatic rings. The summed E-state index contributed by atoms with van der Waals surface area (Å²) in [6, 6.07) is 4.39. The van der Waals surface area contributed by atoms with Crippen LogP contribution in [0.4, 0.5) is 0 Å². The van der Waals surface area contributed by atoms with Crippen LogP contribution in [-0.2, 0) is 0 Å². The standard InChI is InChI=1S/C11H12N2S/c1-3-9(12-2)8-6-11-10(13-7-8)4-5-14-11/h3-7,9,12H,1H2,2H3. The van der Waals surface area contributed by atoms with Crippen LogP contribution in [-0.4, -0.2) is 12.0 Å². The fourth-order valence-electron chi connectivity index (χ4n) is 1.45. The predicted octanol–water partition coefficient (Wildman–Crippen LogP) is 2.74. The van der Waals surface area contributed by atoms with Crippen LogP contribution in [0.1, 0.15) is 11.6 Å². The fourth-order valence-corrected chi connectivity index (χ4v) is 2.24. The zero-order chi connectivity index (χ0) is 9.97. The van der Waals surface area contributed by atoms with Gasteiger partial charge in [-0.1, -0.05) is 6.08 Å². The van der Waals surface area contributed by atoms with Gasteiger partial charge in [0.2, 0.25) is 0 Å². The first-order valence-corrected chi connectivity index (χ1v) is 5.36. The van der Waals surface area contributed by atoms with Gasteiger partial charge in [-0.05, 0) is 30.1 Å². The lowest BCUT2D eigenvalue weighted by Gasteiger charge is -2.10. The summed E-state index contributed by atoms with van der Waals surface area (Å²) in [6.45, 7) is 3.79. The van der Waals surface area contributed by atoms with Gasteiger partial charge in [0.15, 0.2) is 0 Å². The molecule has 0 amide bonds. The molecule has 1 unspecified atom stereocenters. The third-order valence-electron chi connectivity index (χ3n) is 2.23. The molecule has 0 saturated heterocycles. The van der Waals surface area contributed by atoms with Gasteiger partial charge in [0, 0.05) is 6.20 Å². The number of likely N-dealkylation sites (N-methyl/N-ethyl adjacent to an activating group) is 1. The highest BCUT2D eigenvalue weighted by molar-refractivity contribution is 7.17. The molecule has 0 radical (unpaired) electrons. The maximum atomic E-state index is 4.38. The molecule has 1 N–H and O–H groups in total. The van der Waals surface area contributed by atoms with Crippen LogP contribution < -0.4 is 5.32 Å². The molecule has 0 spiro atoms. The molecule has 0 bridgehead atoms. The van der Waals surface area contributed by atoms with E-state index in [9.17, 15) is 0 Å². The molecule has 3 heteroatoms. The molecule has 0 fully saturated rings. The Kier molecular flexibility index (Phi) is 2.61. The minimum absolute atomic E-state index is 0.189. The number of fused-ring (bicyclic) bond motifs is 1. The van der Waals surface area contributed by atoms with E-state index >= 15 is 0 Å². The molecule has 14 heavy (non-hydrogen) atoms. The van der Waals surface area contributed by atoms with Crippen LogP contribution in [0.2, 0.25) is 0 Å². The lowest BCUT2D eigenvalue weighted by molar-refractivity contribution is 0.714. The molecular formula is C11H12N2S. The second kappa shape index (κ2) is 3.90. The van der Waals surface area contributed by atoms with E-state index in [1.54, 1.807) is 11.3 Å². The highest BCUT2D eigenvalue weighted by Gasteiger charge is 2.06. The average Bonchev–Trinajstić information content (AvgIpc) is 2.66. The molecule has 0 aliphatic carbocycles. The molecule has 0 saturated carbocycles. The number of rotatable bonds is 3. The zero-order valence-electron chi connectivity index (χ0n) is 8.03. The lowest BCUT2D eigenvalue weighted by Crippen LogP contribution is -2.13. The van der Waals surface area contributed by atoms with Crippen molar-refractivity contribution in [3.05, 3.63) is 41.9 Å². The van der Waals surface area contributed by atoms with Crippen molar-refractivity contribution in [3.63, 3.8) is 0 Å². The van der Waals surface area contributed by atoms with E-state index in [1.165, 1.54) is 4.70 Å². The summed E-state index contributed by atoms with van der Waals surface area (Å²) in [7, 11) is 1.92. The summed E-state index contributed by atoms with van der Waals surface area (Å²) in [5.74, 6) is 0. The highest BCUT2D eigenvalue weighted by atomic mass is 32.1. The van der Waals surface area contributed by atoms with Gasteiger partial charge in [0.1, 0.15) is 0 Å². The number of nitrogens with one attached hydrogen (secondary N) is 1. The van der Waals surface area contributed by atoms with Gasteiger partial charge in [-0.2, -0.15) is 0 Å². The number of hydrogen-bond donors (Lipinski definition) is 1. The van der Waals surface area contributed by atoms with Crippen LogP contribution in [0.25, 0.3) is 10.2 Å². The average molecular weight is 204 g/mol. The zero-order valence-corrected chi connectivity index (χ0v) is 8.84. The first kappa shape index (κ1) is 9.37. The summed E-state index contributed by atoms with van der Waals surface area (Å²) in [4.78, 5) is 4.38. The van der Waals surface area contributed by atoms with E-state index in [1.807, 2.05) is 25.4 Å². The quantitative estimate of drug-likeness (QED) is 0.778. The molecular weight excluding hydrogens is 192 g/mol. The minimum atomic E-state index is 0.189. The van der Waals surface area contributed by atoms with E-state index in [4.69, 9.17) is 0 Å².